The summed E-state index contributed by atoms with van der Waals surface area (Å²) in [6.45, 7) is 2.61. The minimum Gasteiger partial charge on any atom is -0.489 e. The van der Waals surface area contributed by atoms with Gasteiger partial charge in [-0.3, -0.25) is 0 Å². The molecule has 1 aromatic heterocycles. The summed E-state index contributed by atoms with van der Waals surface area (Å²) in [4.78, 5) is 4.09. The highest BCUT2D eigenvalue weighted by Crippen LogP contribution is 2.18. The average molecular weight is 264 g/mol. The summed E-state index contributed by atoms with van der Waals surface area (Å²) in [6.07, 6.45) is 5.51. The van der Waals surface area contributed by atoms with Crippen molar-refractivity contribution in [2.24, 2.45) is 0 Å². The zero-order valence-electron chi connectivity index (χ0n) is 11.4. The van der Waals surface area contributed by atoms with E-state index in [4.69, 9.17) is 4.74 Å². The lowest BCUT2D eigenvalue weighted by molar-refractivity contribution is 0.306. The van der Waals surface area contributed by atoms with E-state index in [1.54, 1.807) is 12.5 Å². The predicted octanol–water partition coefficient (Wildman–Crippen LogP) is 3.76. The van der Waals surface area contributed by atoms with Gasteiger partial charge in [-0.1, -0.05) is 35.9 Å². The van der Waals surface area contributed by atoms with Crippen LogP contribution < -0.4 is 4.74 Å². The Morgan fingerprint density at radius 3 is 2.60 bits per heavy atom. The van der Waals surface area contributed by atoms with Crippen LogP contribution in [0, 0.1) is 6.92 Å². The first-order valence-electron chi connectivity index (χ1n) is 6.58. The molecule has 0 aliphatic carbocycles. The zero-order chi connectivity index (χ0) is 13.8. The van der Waals surface area contributed by atoms with Crippen molar-refractivity contribution >= 4 is 0 Å². The third kappa shape index (κ3) is 2.72. The topological polar surface area (TPSA) is 27.1 Å². The summed E-state index contributed by atoms with van der Waals surface area (Å²) >= 11 is 0. The van der Waals surface area contributed by atoms with E-state index in [0.29, 0.717) is 6.61 Å². The molecular weight excluding hydrogens is 248 g/mol. The Morgan fingerprint density at radius 1 is 1.05 bits per heavy atom. The van der Waals surface area contributed by atoms with Crippen LogP contribution in [-0.4, -0.2) is 9.55 Å². The molecule has 0 aliphatic rings. The van der Waals surface area contributed by atoms with E-state index in [2.05, 4.69) is 36.2 Å². The highest BCUT2D eigenvalue weighted by molar-refractivity contribution is 5.41. The van der Waals surface area contributed by atoms with Crippen molar-refractivity contribution < 1.29 is 4.74 Å². The van der Waals surface area contributed by atoms with E-state index in [1.165, 1.54) is 5.56 Å². The quantitative estimate of drug-likeness (QED) is 0.717. The van der Waals surface area contributed by atoms with Gasteiger partial charge in [0.2, 0.25) is 0 Å². The lowest BCUT2D eigenvalue weighted by Gasteiger charge is -2.11. The molecule has 0 spiro atoms. The van der Waals surface area contributed by atoms with Crippen molar-refractivity contribution in [1.82, 2.24) is 9.55 Å². The number of hydrogen-bond acceptors (Lipinski definition) is 2. The Kier molecular flexibility index (Phi) is 3.50. The van der Waals surface area contributed by atoms with E-state index < -0.39 is 0 Å². The summed E-state index contributed by atoms with van der Waals surface area (Å²) in [5.74, 6) is 0.885. The molecule has 0 atom stereocenters. The average Bonchev–Trinajstić information content (AvgIpc) is 3.01. The van der Waals surface area contributed by atoms with Crippen LogP contribution in [0.2, 0.25) is 0 Å². The largest absolute Gasteiger partial charge is 0.489 e. The monoisotopic (exact) mass is 264 g/mol. The minimum absolute atomic E-state index is 0.539. The number of rotatable bonds is 4. The van der Waals surface area contributed by atoms with Crippen molar-refractivity contribution in [2.75, 3.05) is 0 Å². The Labute approximate surface area is 118 Å². The van der Waals surface area contributed by atoms with Gasteiger partial charge in [0.05, 0.1) is 12.0 Å². The minimum atomic E-state index is 0.539. The number of hydrogen-bond donors (Lipinski definition) is 0. The fourth-order valence-corrected chi connectivity index (χ4v) is 2.08. The van der Waals surface area contributed by atoms with Crippen LogP contribution in [0.1, 0.15) is 11.1 Å². The standard InChI is InChI=1S/C17H16N2O/c1-14-6-8-16(9-7-14)20-12-15-4-2-3-5-17(15)19-11-10-18-13-19/h2-11,13H,12H2,1H3. The van der Waals surface area contributed by atoms with Crippen LogP contribution in [0.3, 0.4) is 0 Å². The predicted molar refractivity (Wildman–Crippen MR) is 79.1 cm³/mol. The first-order valence-corrected chi connectivity index (χ1v) is 6.58. The molecule has 0 amide bonds. The van der Waals surface area contributed by atoms with Crippen LogP contribution in [0.4, 0.5) is 0 Å². The maximum Gasteiger partial charge on any atom is 0.119 e. The number of ether oxygens (including phenoxy) is 1. The Hall–Kier alpha value is -2.55. The van der Waals surface area contributed by atoms with E-state index >= 15 is 0 Å². The van der Waals surface area contributed by atoms with E-state index in [-0.39, 0.29) is 0 Å². The summed E-state index contributed by atoms with van der Waals surface area (Å²) in [5.41, 5.74) is 3.46. The van der Waals surface area contributed by atoms with Crippen molar-refractivity contribution in [3.05, 3.63) is 78.4 Å². The molecule has 0 bridgehead atoms. The molecule has 3 rings (SSSR count). The van der Waals surface area contributed by atoms with Crippen molar-refractivity contribution in [3.8, 4) is 11.4 Å². The zero-order valence-corrected chi connectivity index (χ0v) is 11.4. The molecule has 0 unspecified atom stereocenters. The number of imidazole rings is 1. The lowest BCUT2D eigenvalue weighted by atomic mass is 10.2. The van der Waals surface area contributed by atoms with Gasteiger partial charge in [0.25, 0.3) is 0 Å². The molecule has 3 nitrogen and oxygen atoms in total. The Bertz CT molecular complexity index is 672. The molecule has 0 saturated carbocycles. The van der Waals surface area contributed by atoms with E-state index in [9.17, 15) is 0 Å². The fraction of sp³-hybridized carbons (Fsp3) is 0.118. The second kappa shape index (κ2) is 5.61. The molecule has 1 heterocycles. The Morgan fingerprint density at radius 2 is 1.85 bits per heavy atom. The molecule has 0 N–H and O–H groups in total. The van der Waals surface area contributed by atoms with Crippen LogP contribution in [0.15, 0.2) is 67.3 Å². The molecule has 100 valence electrons. The number of aromatic nitrogens is 2. The molecule has 20 heavy (non-hydrogen) atoms. The first-order chi connectivity index (χ1) is 9.83. The summed E-state index contributed by atoms with van der Waals surface area (Å²) in [6, 6.07) is 16.3. The summed E-state index contributed by atoms with van der Waals surface area (Å²) < 4.78 is 7.85. The molecule has 2 aromatic carbocycles. The molecule has 0 saturated heterocycles. The molecule has 3 aromatic rings. The number of benzene rings is 2. The second-order valence-corrected chi connectivity index (χ2v) is 4.70. The normalized spacial score (nSPS) is 10.4. The van der Waals surface area contributed by atoms with E-state index in [1.807, 2.05) is 35.0 Å². The molecule has 3 heteroatoms. The lowest BCUT2D eigenvalue weighted by Crippen LogP contribution is -2.01. The second-order valence-electron chi connectivity index (χ2n) is 4.70. The van der Waals surface area contributed by atoms with Crippen LogP contribution in [0.5, 0.6) is 5.75 Å². The maximum atomic E-state index is 5.85. The maximum absolute atomic E-state index is 5.85. The highest BCUT2D eigenvalue weighted by Gasteiger charge is 2.04. The summed E-state index contributed by atoms with van der Waals surface area (Å²) in [5, 5.41) is 0. The van der Waals surface area contributed by atoms with Crippen molar-refractivity contribution in [2.45, 2.75) is 13.5 Å². The van der Waals surface area contributed by atoms with Gasteiger partial charge in [-0.25, -0.2) is 4.98 Å². The van der Waals surface area contributed by atoms with Gasteiger partial charge >= 0.3 is 0 Å². The van der Waals surface area contributed by atoms with Gasteiger partial charge in [-0.2, -0.15) is 0 Å². The van der Waals surface area contributed by atoms with Gasteiger partial charge in [0.1, 0.15) is 12.4 Å². The van der Waals surface area contributed by atoms with Gasteiger partial charge in [-0.05, 0) is 25.1 Å². The summed E-state index contributed by atoms with van der Waals surface area (Å²) in [7, 11) is 0. The SMILES string of the molecule is Cc1ccc(OCc2ccccc2-n2ccnc2)cc1. The van der Waals surface area contributed by atoms with E-state index in [0.717, 1.165) is 17.0 Å². The van der Waals surface area contributed by atoms with Gasteiger partial charge in [-0.15, -0.1) is 0 Å². The smallest absolute Gasteiger partial charge is 0.119 e. The van der Waals surface area contributed by atoms with Gasteiger partial charge in [0.15, 0.2) is 0 Å². The van der Waals surface area contributed by atoms with Gasteiger partial charge in [0, 0.05) is 18.0 Å². The van der Waals surface area contributed by atoms with Crippen molar-refractivity contribution in [1.29, 1.82) is 0 Å². The number of para-hydroxylation sites is 1. The molecular formula is C17H16N2O. The molecule has 0 radical (unpaired) electrons. The third-order valence-electron chi connectivity index (χ3n) is 3.19. The first kappa shape index (κ1) is 12.5. The fourth-order valence-electron chi connectivity index (χ4n) is 2.08. The van der Waals surface area contributed by atoms with Gasteiger partial charge < -0.3 is 9.30 Å². The third-order valence-corrected chi connectivity index (χ3v) is 3.19. The highest BCUT2D eigenvalue weighted by atomic mass is 16.5. The molecule has 0 fully saturated rings. The Balaban J connectivity index is 1.79. The van der Waals surface area contributed by atoms with Crippen LogP contribution >= 0.6 is 0 Å². The number of nitrogens with zero attached hydrogens (tertiary/aromatic N) is 2. The number of aryl methyl sites for hydroxylation is 1. The van der Waals surface area contributed by atoms with Crippen molar-refractivity contribution in [3.63, 3.8) is 0 Å². The molecule has 0 aliphatic heterocycles. The van der Waals surface area contributed by atoms with Crippen LogP contribution in [0.25, 0.3) is 5.69 Å². The van der Waals surface area contributed by atoms with Crippen LogP contribution in [-0.2, 0) is 6.61 Å².